The van der Waals surface area contributed by atoms with Crippen LogP contribution in [0.25, 0.3) is 0 Å². The number of ketones is 1. The molecule has 0 radical (unpaired) electrons. The summed E-state index contributed by atoms with van der Waals surface area (Å²) in [6.07, 6.45) is 2.20. The second kappa shape index (κ2) is 12.5. The van der Waals surface area contributed by atoms with Crippen molar-refractivity contribution in [2.24, 2.45) is 0 Å². The van der Waals surface area contributed by atoms with Gasteiger partial charge in [0, 0.05) is 24.5 Å². The maximum atomic E-state index is 13.7. The van der Waals surface area contributed by atoms with Gasteiger partial charge >= 0.3 is 0 Å². The lowest BCUT2D eigenvalue weighted by Crippen LogP contribution is -2.41. The summed E-state index contributed by atoms with van der Waals surface area (Å²) in [6.45, 7) is 13.4. The first-order valence-corrected chi connectivity index (χ1v) is 15.3. The second-order valence-corrected chi connectivity index (χ2v) is 15.5. The Hall–Kier alpha value is -2.64. The summed E-state index contributed by atoms with van der Waals surface area (Å²) in [5.41, 5.74) is 2.71. The number of aldehydes is 1. The fraction of sp³-hybridized carbons (Fsp3) is 0.517. The molecular formula is C29H42O6Si. The van der Waals surface area contributed by atoms with E-state index in [0.29, 0.717) is 48.5 Å². The van der Waals surface area contributed by atoms with Gasteiger partial charge in [-0.3, -0.25) is 9.59 Å². The normalized spacial score (nSPS) is 12.7. The fourth-order valence-electron chi connectivity index (χ4n) is 4.02. The van der Waals surface area contributed by atoms with Gasteiger partial charge in [-0.2, -0.15) is 0 Å². The zero-order valence-electron chi connectivity index (χ0n) is 23.3. The molecule has 2 aromatic rings. The first-order chi connectivity index (χ1) is 16.9. The Bertz CT molecular complexity index is 1040. The van der Waals surface area contributed by atoms with Crippen LogP contribution in [-0.2, 0) is 15.6 Å². The third-order valence-corrected chi connectivity index (χ3v) is 11.8. The van der Waals surface area contributed by atoms with E-state index in [0.717, 1.165) is 23.2 Å². The van der Waals surface area contributed by atoms with Gasteiger partial charge in [-0.15, -0.1) is 0 Å². The molecule has 6 nitrogen and oxygen atoms in total. The minimum absolute atomic E-state index is 0.0562. The average Bonchev–Trinajstić information content (AvgIpc) is 2.84. The van der Waals surface area contributed by atoms with E-state index >= 15 is 0 Å². The number of carbonyl (C=O) groups excluding carboxylic acids is 2. The maximum absolute atomic E-state index is 13.7. The largest absolute Gasteiger partial charge is 0.497 e. The van der Waals surface area contributed by atoms with Gasteiger partial charge in [-0.1, -0.05) is 32.9 Å². The van der Waals surface area contributed by atoms with E-state index in [-0.39, 0.29) is 10.8 Å². The highest BCUT2D eigenvalue weighted by atomic mass is 28.4. The standard InChI is InChI=1S/C29H42O6Si/c1-20-27(33-6)18-23(25(19-30)28(20)34-7)24(17-21-12-14-22(32-5)15-13-21)26(31)11-10-16-35-36(8,9)29(2,3)4/h12-15,18-19,24H,10-11,16-17H2,1-9H3. The van der Waals surface area contributed by atoms with E-state index in [1.807, 2.05) is 31.2 Å². The Labute approximate surface area is 217 Å². The molecule has 0 amide bonds. The molecule has 1 unspecified atom stereocenters. The van der Waals surface area contributed by atoms with Crippen molar-refractivity contribution in [1.29, 1.82) is 0 Å². The predicted octanol–water partition coefficient (Wildman–Crippen LogP) is 6.53. The van der Waals surface area contributed by atoms with E-state index in [1.54, 1.807) is 20.3 Å². The van der Waals surface area contributed by atoms with Gasteiger partial charge < -0.3 is 18.6 Å². The molecular weight excluding hydrogens is 472 g/mol. The van der Waals surface area contributed by atoms with Crippen LogP contribution in [0.1, 0.15) is 66.6 Å². The Kier molecular flexibility index (Phi) is 10.3. The van der Waals surface area contributed by atoms with Crippen LogP contribution in [0.2, 0.25) is 18.1 Å². The van der Waals surface area contributed by atoms with Crippen LogP contribution in [0.3, 0.4) is 0 Å². The average molecular weight is 515 g/mol. The van der Waals surface area contributed by atoms with E-state index in [4.69, 9.17) is 18.6 Å². The highest BCUT2D eigenvalue weighted by molar-refractivity contribution is 6.74. The second-order valence-electron chi connectivity index (χ2n) is 10.6. The molecule has 0 saturated heterocycles. The summed E-state index contributed by atoms with van der Waals surface area (Å²) in [5, 5.41) is 0.113. The molecule has 0 fully saturated rings. The van der Waals surface area contributed by atoms with Crippen LogP contribution in [0, 0.1) is 6.92 Å². The molecule has 2 aromatic carbocycles. The Balaban J connectivity index is 2.40. The lowest BCUT2D eigenvalue weighted by molar-refractivity contribution is -0.120. The van der Waals surface area contributed by atoms with Gasteiger partial charge in [0.05, 0.1) is 26.9 Å². The summed E-state index contributed by atoms with van der Waals surface area (Å²) in [5.74, 6) is 1.29. The van der Waals surface area contributed by atoms with Crippen molar-refractivity contribution in [2.75, 3.05) is 27.9 Å². The van der Waals surface area contributed by atoms with Gasteiger partial charge in [0.25, 0.3) is 0 Å². The maximum Gasteiger partial charge on any atom is 0.191 e. The molecule has 0 aliphatic rings. The summed E-state index contributed by atoms with van der Waals surface area (Å²) in [6, 6.07) is 9.45. The topological polar surface area (TPSA) is 71.1 Å². The monoisotopic (exact) mass is 514 g/mol. The van der Waals surface area contributed by atoms with Crippen molar-refractivity contribution in [3.63, 3.8) is 0 Å². The summed E-state index contributed by atoms with van der Waals surface area (Å²) >= 11 is 0. The van der Waals surface area contributed by atoms with Gasteiger partial charge in [0.2, 0.25) is 0 Å². The highest BCUT2D eigenvalue weighted by Crippen LogP contribution is 2.39. The summed E-state index contributed by atoms with van der Waals surface area (Å²) in [4.78, 5) is 25.9. The summed E-state index contributed by atoms with van der Waals surface area (Å²) in [7, 11) is 2.83. The van der Waals surface area contributed by atoms with Gasteiger partial charge in [0.1, 0.15) is 23.0 Å². The van der Waals surface area contributed by atoms with Crippen LogP contribution < -0.4 is 14.2 Å². The molecule has 0 aromatic heterocycles. The number of rotatable bonds is 13. The van der Waals surface area contributed by atoms with Gasteiger partial charge in [-0.25, -0.2) is 0 Å². The number of hydrogen-bond acceptors (Lipinski definition) is 6. The van der Waals surface area contributed by atoms with E-state index in [1.165, 1.54) is 7.11 Å². The summed E-state index contributed by atoms with van der Waals surface area (Å²) < 4.78 is 22.7. The van der Waals surface area contributed by atoms with Crippen molar-refractivity contribution < 1.29 is 28.2 Å². The van der Waals surface area contributed by atoms with Crippen molar-refractivity contribution in [1.82, 2.24) is 0 Å². The third-order valence-electron chi connectivity index (χ3n) is 7.29. The number of hydrogen-bond donors (Lipinski definition) is 0. The SMILES string of the molecule is COc1ccc(CC(C(=O)CCCO[Si](C)(C)C(C)(C)C)c2cc(OC)c(C)c(OC)c2C=O)cc1. The molecule has 0 aliphatic carbocycles. The minimum Gasteiger partial charge on any atom is -0.497 e. The van der Waals surface area contributed by atoms with Crippen LogP contribution in [0.4, 0.5) is 0 Å². The van der Waals surface area contributed by atoms with Crippen molar-refractivity contribution in [2.45, 2.75) is 71.0 Å². The number of ether oxygens (including phenoxy) is 3. The predicted molar refractivity (Wildman–Crippen MR) is 146 cm³/mol. The highest BCUT2D eigenvalue weighted by Gasteiger charge is 2.37. The number of methoxy groups -OCH3 is 3. The lowest BCUT2D eigenvalue weighted by atomic mass is 9.83. The van der Waals surface area contributed by atoms with Crippen LogP contribution in [0.5, 0.6) is 17.2 Å². The molecule has 1 atom stereocenters. The molecule has 198 valence electrons. The molecule has 0 saturated carbocycles. The first kappa shape index (κ1) is 29.6. The molecule has 2 rings (SSSR count). The lowest BCUT2D eigenvalue weighted by Gasteiger charge is -2.36. The molecule has 0 heterocycles. The molecule has 0 aliphatic heterocycles. The zero-order chi connectivity index (χ0) is 27.1. The Morgan fingerprint density at radius 3 is 2.17 bits per heavy atom. The van der Waals surface area contributed by atoms with Crippen LogP contribution in [0.15, 0.2) is 30.3 Å². The van der Waals surface area contributed by atoms with Crippen molar-refractivity contribution in [3.8, 4) is 17.2 Å². The van der Waals surface area contributed by atoms with Crippen molar-refractivity contribution >= 4 is 20.4 Å². The smallest absolute Gasteiger partial charge is 0.191 e. The zero-order valence-corrected chi connectivity index (χ0v) is 24.3. The van der Waals surface area contributed by atoms with E-state index in [2.05, 4.69) is 33.9 Å². The van der Waals surface area contributed by atoms with Crippen LogP contribution >= 0.6 is 0 Å². The minimum atomic E-state index is -1.89. The third kappa shape index (κ3) is 6.98. The number of Topliss-reactive ketones (excluding diaryl/α,β-unsaturated/α-hetero) is 1. The number of benzene rings is 2. The van der Waals surface area contributed by atoms with Gasteiger partial charge in [0.15, 0.2) is 14.6 Å². The number of carbonyl (C=O) groups is 2. The molecule has 7 heteroatoms. The van der Waals surface area contributed by atoms with Crippen LogP contribution in [-0.4, -0.2) is 48.3 Å². The molecule has 0 bridgehead atoms. The first-order valence-electron chi connectivity index (χ1n) is 12.4. The quantitative estimate of drug-likeness (QED) is 0.172. The van der Waals surface area contributed by atoms with E-state index < -0.39 is 14.2 Å². The Morgan fingerprint density at radius 1 is 1.03 bits per heavy atom. The molecule has 36 heavy (non-hydrogen) atoms. The van der Waals surface area contributed by atoms with Gasteiger partial charge in [-0.05, 0) is 67.2 Å². The van der Waals surface area contributed by atoms with Crippen molar-refractivity contribution in [3.05, 3.63) is 52.6 Å². The molecule has 0 N–H and O–H groups in total. The molecule has 0 spiro atoms. The fourth-order valence-corrected chi connectivity index (χ4v) is 5.10. The van der Waals surface area contributed by atoms with E-state index in [9.17, 15) is 9.59 Å². The Morgan fingerprint density at radius 2 is 1.67 bits per heavy atom.